The number of rotatable bonds is 12. The fourth-order valence-corrected chi connectivity index (χ4v) is 9.12. The molecule has 1 amide bonds. The van der Waals surface area contributed by atoms with Crippen molar-refractivity contribution in [3.05, 3.63) is 12.7 Å². The van der Waals surface area contributed by atoms with Gasteiger partial charge in [0.25, 0.3) is 13.7 Å². The van der Waals surface area contributed by atoms with Gasteiger partial charge in [-0.1, -0.05) is 0 Å². The summed E-state index contributed by atoms with van der Waals surface area (Å²) in [4.78, 5) is 60.1. The minimum Gasteiger partial charge on any atom is -0.756 e. The molecule has 2 aromatic heterocycles. The predicted molar refractivity (Wildman–Crippen MR) is 155 cm³/mol. The number of phosphoric acid groups is 3. The molecule has 3 saturated heterocycles. The minimum absolute atomic E-state index is 0.000928. The summed E-state index contributed by atoms with van der Waals surface area (Å²) in [5.74, 6) is -0.552. The van der Waals surface area contributed by atoms with Crippen LogP contribution in [0.15, 0.2) is 17.6 Å². The highest BCUT2D eigenvalue weighted by molar-refractivity contribution is 7.66. The predicted octanol–water partition coefficient (Wildman–Crippen LogP) is -5.79. The van der Waals surface area contributed by atoms with Crippen LogP contribution in [0, 0.1) is 0 Å². The third-order valence-electron chi connectivity index (χ3n) is 7.73. The molecule has 14 atom stereocenters. The van der Waals surface area contributed by atoms with Gasteiger partial charge in [-0.2, -0.15) is 4.31 Å². The number of hydrogen-bond donors (Lipinski definition) is 10. The van der Waals surface area contributed by atoms with Crippen LogP contribution in [0.4, 0.5) is 5.82 Å². The number of nitrogens with one attached hydrogen (secondary N) is 2. The third-order valence-corrected chi connectivity index (χ3v) is 11.9. The van der Waals surface area contributed by atoms with E-state index in [0.717, 1.165) is 12.7 Å². The van der Waals surface area contributed by atoms with Gasteiger partial charge >= 0.3 is 15.6 Å². The van der Waals surface area contributed by atoms with Gasteiger partial charge in [-0.15, -0.1) is 0 Å². The van der Waals surface area contributed by atoms with Crippen LogP contribution in [0.25, 0.3) is 11.2 Å². The van der Waals surface area contributed by atoms with Crippen LogP contribution in [-0.2, 0) is 45.6 Å². The van der Waals surface area contributed by atoms with Gasteiger partial charge in [0.2, 0.25) is 0 Å². The maximum Gasteiger partial charge on any atom is 0.490 e. The molecule has 4 aliphatic heterocycles. The van der Waals surface area contributed by atoms with Crippen LogP contribution in [0.1, 0.15) is 6.23 Å². The molecule has 6 heterocycles. The molecule has 3 fully saturated rings. The van der Waals surface area contributed by atoms with Gasteiger partial charge in [-0.3, -0.25) is 39.0 Å². The van der Waals surface area contributed by atoms with Crippen molar-refractivity contribution in [2.75, 3.05) is 18.9 Å². The molecule has 6 unspecified atom stereocenters. The first-order valence-corrected chi connectivity index (χ1v) is 18.6. The largest absolute Gasteiger partial charge is 0.756 e. The smallest absolute Gasteiger partial charge is 0.490 e. The molecule has 278 valence electrons. The number of aliphatic hydroxyl groups excluding tert-OH is 4. The number of nitrogen functional groups attached to an aromatic ring is 1. The lowest BCUT2D eigenvalue weighted by atomic mass is 10.1. The number of aliphatic imine (C=N–C) groups is 1. The molecule has 0 bridgehead atoms. The number of aromatic nitrogens is 4. The van der Waals surface area contributed by atoms with Crippen molar-refractivity contribution in [1.82, 2.24) is 35.1 Å². The van der Waals surface area contributed by atoms with E-state index >= 15 is 0 Å². The Morgan fingerprint density at radius 3 is 2.26 bits per heavy atom. The normalized spacial score (nSPS) is 37.7. The van der Waals surface area contributed by atoms with Crippen LogP contribution >= 0.6 is 23.5 Å². The molecule has 0 aliphatic carbocycles. The molecule has 0 aromatic carbocycles. The van der Waals surface area contributed by atoms with E-state index < -0.39 is 110 Å². The molecule has 2 aromatic rings. The first-order valence-electron chi connectivity index (χ1n) is 14.1. The second-order valence-electron chi connectivity index (χ2n) is 11.1. The van der Waals surface area contributed by atoms with Crippen LogP contribution < -0.4 is 27.0 Å². The number of aliphatic hydroxyl groups is 4. The molecule has 6 rings (SSSR count). The third kappa shape index (κ3) is 7.47. The van der Waals surface area contributed by atoms with Crippen molar-refractivity contribution in [3.63, 3.8) is 0 Å². The van der Waals surface area contributed by atoms with E-state index in [1.807, 2.05) is 0 Å². The fraction of sp³-hybridized carbons (Fsp3) is 0.650. The number of amides is 1. The average molecular weight is 775 g/mol. The Bertz CT molecular complexity index is 1780. The second kappa shape index (κ2) is 13.7. The molecular weight excluding hydrogens is 745 g/mol. The topological polar surface area (TPSA) is 403 Å². The molecule has 4 aliphatic rings. The van der Waals surface area contributed by atoms with Crippen molar-refractivity contribution in [2.24, 2.45) is 10.7 Å². The lowest BCUT2D eigenvalue weighted by Gasteiger charge is -2.38. The molecule has 0 saturated carbocycles. The van der Waals surface area contributed by atoms with Crippen molar-refractivity contribution in [2.45, 2.75) is 67.6 Å². The molecule has 30 heteroatoms. The van der Waals surface area contributed by atoms with Crippen LogP contribution in [0.3, 0.4) is 0 Å². The van der Waals surface area contributed by atoms with E-state index in [9.17, 15) is 53.6 Å². The second-order valence-corrected chi connectivity index (χ2v) is 15.7. The average Bonchev–Trinajstić information content (AvgIpc) is 3.76. The number of nitrogens with zero attached hydrogens (tertiary/aromatic N) is 6. The number of ether oxygens (including phenoxy) is 2. The van der Waals surface area contributed by atoms with Crippen LogP contribution in [0.2, 0.25) is 0 Å². The van der Waals surface area contributed by atoms with Gasteiger partial charge in [0, 0.05) is 0 Å². The highest BCUT2D eigenvalue weighted by Crippen LogP contribution is 2.68. The summed E-state index contributed by atoms with van der Waals surface area (Å²) in [6.45, 7) is -2.22. The lowest BCUT2D eigenvalue weighted by molar-refractivity contribution is -0.212. The van der Waals surface area contributed by atoms with Crippen molar-refractivity contribution in [3.8, 4) is 0 Å². The fourth-order valence-electron chi connectivity index (χ4n) is 5.48. The highest BCUT2D eigenvalue weighted by atomic mass is 31.3. The molecule has 27 nitrogen and oxygen atoms in total. The molecular formula is C20H30N10O17P3-. The Morgan fingerprint density at radius 1 is 0.940 bits per heavy atom. The van der Waals surface area contributed by atoms with E-state index in [0.29, 0.717) is 0 Å². The zero-order chi connectivity index (χ0) is 36.3. The van der Waals surface area contributed by atoms with Gasteiger partial charge in [0.15, 0.2) is 30.0 Å². The monoisotopic (exact) mass is 775 g/mol. The molecule has 50 heavy (non-hydrogen) atoms. The molecule has 0 radical (unpaired) electrons. The zero-order valence-corrected chi connectivity index (χ0v) is 27.5. The van der Waals surface area contributed by atoms with Gasteiger partial charge in [-0.25, -0.2) is 28.4 Å². The Balaban J connectivity index is 1.09. The summed E-state index contributed by atoms with van der Waals surface area (Å²) >= 11 is 0. The standard InChI is InChI=1S/C20H31N10O17P3/c21-14-8-15(24-3-23-14)29(4-25-8)18-12(33)10(31)6(44-18)1-42-49(39,40)47-50(41,46-48(36,37)38)43-2-7-11(32)13(34)19(45-7)30-5-26-9-16(30)27-20(22)28-17(9)35/h3-7,9-13,16,18-20,27,31-34H,1-2,22H2,(H,28,35)(H,39,40)(H2,21,23,24)(H2,36,37,38)/p-1/t6-,7-,9?,10-,11-,12-,13-,16?,18-,19-,20?,50?/m1/s1. The van der Waals surface area contributed by atoms with E-state index in [-0.39, 0.29) is 17.0 Å². The van der Waals surface area contributed by atoms with Crippen LogP contribution in [0.5, 0.6) is 0 Å². The van der Waals surface area contributed by atoms with Gasteiger partial charge in [0.1, 0.15) is 60.9 Å². The Kier molecular flexibility index (Phi) is 10.2. The maximum absolute atomic E-state index is 13.2. The lowest BCUT2D eigenvalue weighted by Crippen LogP contribution is -2.70. The summed E-state index contributed by atoms with van der Waals surface area (Å²) < 4.78 is 67.5. The van der Waals surface area contributed by atoms with Gasteiger partial charge in [0.05, 0.1) is 25.9 Å². The molecule has 12 N–H and O–H groups in total. The zero-order valence-electron chi connectivity index (χ0n) is 24.9. The Hall–Kier alpha value is -2.62. The minimum atomic E-state index is -6.05. The summed E-state index contributed by atoms with van der Waals surface area (Å²) in [5, 5.41) is 47.5. The number of carbonyl (C=O) groups excluding carboxylic acids is 1. The number of imidazole rings is 1. The van der Waals surface area contributed by atoms with Crippen molar-refractivity contribution < 1.29 is 80.7 Å². The van der Waals surface area contributed by atoms with E-state index in [1.165, 1.54) is 15.8 Å². The summed E-state index contributed by atoms with van der Waals surface area (Å²) in [5.41, 5.74) is 11.7. The number of hydrogen-bond acceptors (Lipinski definition) is 23. The van der Waals surface area contributed by atoms with Crippen molar-refractivity contribution >= 4 is 52.7 Å². The van der Waals surface area contributed by atoms with Crippen molar-refractivity contribution in [1.29, 1.82) is 0 Å². The summed E-state index contributed by atoms with van der Waals surface area (Å²) in [6.07, 6.45) is -11.7. The number of phosphoric ester groups is 1. The summed E-state index contributed by atoms with van der Waals surface area (Å²) in [6, 6.07) is -1.01. The number of fused-ring (bicyclic) bond motifs is 2. The highest BCUT2D eigenvalue weighted by Gasteiger charge is 2.53. The maximum atomic E-state index is 13.2. The van der Waals surface area contributed by atoms with Gasteiger partial charge in [-0.05, 0) is 0 Å². The number of carbonyl (C=O) groups is 1. The summed E-state index contributed by atoms with van der Waals surface area (Å²) in [7, 11) is -17.6. The Labute approximate surface area is 278 Å². The van der Waals surface area contributed by atoms with E-state index in [4.69, 9.17) is 30.0 Å². The SMILES string of the molecule is Nc1ncnc2c1ncn2[C@@H]1O[C@H](COP(=O)(O)OP(=O)(OC[C@H]2O[C@@H](N3C=NC4C(=O)NC(N)NC43)[C@H](O)[C@@H]2O)OP(=O)([O-])O)[C@@H](O)[C@H]1O. The first kappa shape index (κ1) is 37.1. The first-order chi connectivity index (χ1) is 23.4. The number of nitrogens with two attached hydrogens (primary N) is 2. The van der Waals surface area contributed by atoms with E-state index in [2.05, 4.69) is 39.2 Å². The van der Waals surface area contributed by atoms with Gasteiger partial charge < -0.3 is 60.5 Å². The quantitative estimate of drug-likeness (QED) is 0.0898. The van der Waals surface area contributed by atoms with E-state index in [1.54, 1.807) is 0 Å². The Morgan fingerprint density at radius 2 is 1.58 bits per heavy atom. The molecule has 0 spiro atoms. The van der Waals surface area contributed by atoms with Crippen LogP contribution in [-0.4, -0.2) is 141 Å². The number of anilines is 1.